The maximum absolute atomic E-state index is 11.6. The van der Waals surface area contributed by atoms with Gasteiger partial charge in [0.15, 0.2) is 6.10 Å². The van der Waals surface area contributed by atoms with Crippen LogP contribution < -0.4 is 5.32 Å². The van der Waals surface area contributed by atoms with Crippen molar-refractivity contribution in [3.05, 3.63) is 0 Å². The number of alkyl carbamates (subject to hydrolysis) is 1. The fraction of sp³-hybridized carbons (Fsp3) is 0.833. The van der Waals surface area contributed by atoms with Crippen LogP contribution in [0.1, 0.15) is 40.0 Å². The van der Waals surface area contributed by atoms with E-state index in [1.807, 2.05) is 0 Å². The Morgan fingerprint density at radius 2 is 1.94 bits per heavy atom. The molecule has 0 aromatic heterocycles. The average Bonchev–Trinajstić information content (AvgIpc) is 2.96. The number of aliphatic hydroxyl groups is 1. The van der Waals surface area contributed by atoms with E-state index in [1.165, 1.54) is 0 Å². The molecule has 0 aromatic carbocycles. The number of hydrogen-bond acceptors (Lipinski definition) is 4. The number of carboxylic acid groups (broad SMARTS) is 1. The van der Waals surface area contributed by atoms with Crippen LogP contribution in [0.15, 0.2) is 0 Å². The second-order valence-corrected chi connectivity index (χ2v) is 5.71. The second-order valence-electron chi connectivity index (χ2n) is 5.71. The quantitative estimate of drug-likeness (QED) is 0.687. The summed E-state index contributed by atoms with van der Waals surface area (Å²) >= 11 is 0. The predicted octanol–water partition coefficient (Wildman–Crippen LogP) is 1.13. The zero-order valence-electron chi connectivity index (χ0n) is 11.0. The molecule has 1 aliphatic rings. The molecule has 3 N–H and O–H groups in total. The molecule has 2 atom stereocenters. The standard InChI is InChI=1S/C12H21NO5/c1-12(2,3)18-11(17)13-8(6-7-4-5-7)9(14)10(15)16/h7-9,14H,4-6H2,1-3H3,(H,13,17)(H,15,16). The Morgan fingerprint density at radius 3 is 2.33 bits per heavy atom. The molecule has 2 unspecified atom stereocenters. The number of carbonyl (C=O) groups excluding carboxylic acids is 1. The molecule has 1 fully saturated rings. The van der Waals surface area contributed by atoms with Gasteiger partial charge in [-0.3, -0.25) is 0 Å². The van der Waals surface area contributed by atoms with E-state index < -0.39 is 29.8 Å². The Bertz CT molecular complexity index is 319. The Balaban J connectivity index is 2.54. The van der Waals surface area contributed by atoms with Gasteiger partial charge in [0.05, 0.1) is 6.04 Å². The first kappa shape index (κ1) is 14.8. The van der Waals surface area contributed by atoms with Gasteiger partial charge in [-0.25, -0.2) is 9.59 Å². The van der Waals surface area contributed by atoms with E-state index in [0.29, 0.717) is 12.3 Å². The molecule has 18 heavy (non-hydrogen) atoms. The molecule has 6 nitrogen and oxygen atoms in total. The lowest BCUT2D eigenvalue weighted by Crippen LogP contribution is -2.48. The molecule has 1 aliphatic carbocycles. The lowest BCUT2D eigenvalue weighted by atomic mass is 10.0. The molecule has 0 radical (unpaired) electrons. The Kier molecular flexibility index (Phi) is 4.56. The molecule has 1 saturated carbocycles. The topological polar surface area (TPSA) is 95.9 Å². The van der Waals surface area contributed by atoms with E-state index in [4.69, 9.17) is 9.84 Å². The normalized spacial score (nSPS) is 18.9. The Hall–Kier alpha value is -1.30. The van der Waals surface area contributed by atoms with Crippen LogP contribution >= 0.6 is 0 Å². The van der Waals surface area contributed by atoms with Gasteiger partial charge in [-0.15, -0.1) is 0 Å². The summed E-state index contributed by atoms with van der Waals surface area (Å²) in [6, 6.07) is -0.801. The number of ether oxygens (including phenoxy) is 1. The molecule has 0 aliphatic heterocycles. The second kappa shape index (κ2) is 5.56. The molecule has 6 heteroatoms. The third-order valence-electron chi connectivity index (χ3n) is 2.62. The highest BCUT2D eigenvalue weighted by molar-refractivity contribution is 5.75. The van der Waals surface area contributed by atoms with Gasteiger partial charge in [-0.2, -0.15) is 0 Å². The third kappa shape index (κ3) is 5.35. The van der Waals surface area contributed by atoms with Crippen molar-refractivity contribution in [3.63, 3.8) is 0 Å². The van der Waals surface area contributed by atoms with Gasteiger partial charge in [0.2, 0.25) is 0 Å². The van der Waals surface area contributed by atoms with Crippen LogP contribution in [0.3, 0.4) is 0 Å². The molecule has 104 valence electrons. The highest BCUT2D eigenvalue weighted by atomic mass is 16.6. The number of carbonyl (C=O) groups is 2. The highest BCUT2D eigenvalue weighted by Gasteiger charge is 2.34. The fourth-order valence-electron chi connectivity index (χ4n) is 1.61. The lowest BCUT2D eigenvalue weighted by molar-refractivity contribution is -0.148. The van der Waals surface area contributed by atoms with Gasteiger partial charge in [0, 0.05) is 0 Å². The van der Waals surface area contributed by atoms with Crippen LogP contribution in [-0.4, -0.2) is 40.0 Å². The van der Waals surface area contributed by atoms with Crippen LogP contribution in [-0.2, 0) is 9.53 Å². The molecular formula is C12H21NO5. The van der Waals surface area contributed by atoms with E-state index >= 15 is 0 Å². The van der Waals surface area contributed by atoms with Gasteiger partial charge in [0.1, 0.15) is 5.60 Å². The largest absolute Gasteiger partial charge is 0.479 e. The van der Waals surface area contributed by atoms with E-state index in [1.54, 1.807) is 20.8 Å². The number of nitrogens with one attached hydrogen (secondary N) is 1. The van der Waals surface area contributed by atoms with Crippen molar-refractivity contribution in [2.45, 2.75) is 57.8 Å². The van der Waals surface area contributed by atoms with Gasteiger partial charge in [-0.05, 0) is 33.1 Å². The summed E-state index contributed by atoms with van der Waals surface area (Å²) in [4.78, 5) is 22.3. The molecule has 1 rings (SSSR count). The summed E-state index contributed by atoms with van der Waals surface area (Å²) in [5.74, 6) is -0.948. The Morgan fingerprint density at radius 1 is 1.39 bits per heavy atom. The molecular weight excluding hydrogens is 238 g/mol. The van der Waals surface area contributed by atoms with Crippen molar-refractivity contribution in [1.82, 2.24) is 5.32 Å². The first-order valence-corrected chi connectivity index (χ1v) is 6.09. The van der Waals surface area contributed by atoms with E-state index in [-0.39, 0.29) is 0 Å². The van der Waals surface area contributed by atoms with E-state index in [2.05, 4.69) is 5.32 Å². The average molecular weight is 259 g/mol. The zero-order chi connectivity index (χ0) is 13.9. The smallest absolute Gasteiger partial charge is 0.407 e. The minimum atomic E-state index is -1.60. The molecule has 0 heterocycles. The summed E-state index contributed by atoms with van der Waals surface area (Å²) in [5.41, 5.74) is -0.650. The minimum absolute atomic E-state index is 0.388. The number of aliphatic hydroxyl groups excluding tert-OH is 1. The minimum Gasteiger partial charge on any atom is -0.479 e. The maximum Gasteiger partial charge on any atom is 0.407 e. The van der Waals surface area contributed by atoms with Crippen LogP contribution in [0.2, 0.25) is 0 Å². The van der Waals surface area contributed by atoms with Gasteiger partial charge < -0.3 is 20.3 Å². The maximum atomic E-state index is 11.6. The number of carboxylic acids is 1. The van der Waals surface area contributed by atoms with Gasteiger partial charge >= 0.3 is 12.1 Å². The first-order chi connectivity index (χ1) is 8.19. The molecule has 0 spiro atoms. The summed E-state index contributed by atoms with van der Waals surface area (Å²) in [7, 11) is 0. The first-order valence-electron chi connectivity index (χ1n) is 6.09. The van der Waals surface area contributed by atoms with Crippen LogP contribution in [0.25, 0.3) is 0 Å². The van der Waals surface area contributed by atoms with Crippen LogP contribution in [0.4, 0.5) is 4.79 Å². The summed E-state index contributed by atoms with van der Waals surface area (Å²) < 4.78 is 5.05. The summed E-state index contributed by atoms with van der Waals surface area (Å²) in [5, 5.41) is 20.8. The van der Waals surface area contributed by atoms with E-state index in [9.17, 15) is 14.7 Å². The highest BCUT2D eigenvalue weighted by Crippen LogP contribution is 2.34. The van der Waals surface area contributed by atoms with Crippen LogP contribution in [0.5, 0.6) is 0 Å². The molecule has 0 bridgehead atoms. The molecule has 1 amide bonds. The molecule has 0 aromatic rings. The molecule has 0 saturated heterocycles. The SMILES string of the molecule is CC(C)(C)OC(=O)NC(CC1CC1)C(O)C(=O)O. The monoisotopic (exact) mass is 259 g/mol. The Labute approximate surface area is 106 Å². The van der Waals surface area contributed by atoms with Crippen molar-refractivity contribution in [2.24, 2.45) is 5.92 Å². The van der Waals surface area contributed by atoms with Crippen molar-refractivity contribution in [3.8, 4) is 0 Å². The number of rotatable bonds is 5. The summed E-state index contributed by atoms with van der Waals surface area (Å²) in [6.07, 6.45) is 0.191. The van der Waals surface area contributed by atoms with Crippen molar-refractivity contribution < 1.29 is 24.5 Å². The number of hydrogen-bond donors (Lipinski definition) is 3. The zero-order valence-corrected chi connectivity index (χ0v) is 11.0. The number of amides is 1. The lowest BCUT2D eigenvalue weighted by Gasteiger charge is -2.25. The fourth-order valence-corrected chi connectivity index (χ4v) is 1.61. The van der Waals surface area contributed by atoms with Gasteiger partial charge in [0.25, 0.3) is 0 Å². The van der Waals surface area contributed by atoms with Crippen LogP contribution in [0, 0.1) is 5.92 Å². The van der Waals surface area contributed by atoms with Crippen molar-refractivity contribution in [1.29, 1.82) is 0 Å². The van der Waals surface area contributed by atoms with Gasteiger partial charge in [-0.1, -0.05) is 12.8 Å². The number of aliphatic carboxylic acids is 1. The van der Waals surface area contributed by atoms with Crippen molar-refractivity contribution >= 4 is 12.1 Å². The van der Waals surface area contributed by atoms with E-state index in [0.717, 1.165) is 12.8 Å². The predicted molar refractivity (Wildman–Crippen MR) is 64.1 cm³/mol. The van der Waals surface area contributed by atoms with Crippen molar-refractivity contribution in [2.75, 3.05) is 0 Å². The third-order valence-corrected chi connectivity index (χ3v) is 2.62. The summed E-state index contributed by atoms with van der Waals surface area (Å²) in [6.45, 7) is 5.16.